The van der Waals surface area contributed by atoms with Gasteiger partial charge in [0.25, 0.3) is 0 Å². The molecular formula is C28H34N6O. The van der Waals surface area contributed by atoms with Gasteiger partial charge in [-0.25, -0.2) is 9.97 Å². The van der Waals surface area contributed by atoms with Crippen LogP contribution in [-0.4, -0.2) is 59.1 Å². The van der Waals surface area contributed by atoms with Crippen molar-refractivity contribution in [1.82, 2.24) is 19.3 Å². The summed E-state index contributed by atoms with van der Waals surface area (Å²) in [5.41, 5.74) is 6.23. The Kier molecular flexibility index (Phi) is 6.86. The Morgan fingerprint density at radius 1 is 0.943 bits per heavy atom. The van der Waals surface area contributed by atoms with E-state index in [0.29, 0.717) is 5.88 Å². The number of nitrogens with one attached hydrogen (secondary N) is 1. The van der Waals surface area contributed by atoms with E-state index in [4.69, 9.17) is 4.74 Å². The van der Waals surface area contributed by atoms with E-state index in [1.54, 1.807) is 13.3 Å². The van der Waals surface area contributed by atoms with Gasteiger partial charge >= 0.3 is 0 Å². The Bertz CT molecular complexity index is 1260. The average molecular weight is 471 g/mol. The second-order valence-corrected chi connectivity index (χ2v) is 9.52. The SMILES string of the molecule is COc1cc(-c2ccc(Nc3ccc(N4CCN(CCC(C)C)CC4)cc3)c3nccn23)ccn1. The molecule has 1 aromatic carbocycles. The quantitative estimate of drug-likeness (QED) is 0.376. The predicted octanol–water partition coefficient (Wildman–Crippen LogP) is 5.32. The number of pyridine rings is 2. The highest BCUT2D eigenvalue weighted by molar-refractivity contribution is 5.78. The Hall–Kier alpha value is -3.58. The van der Waals surface area contributed by atoms with Crippen molar-refractivity contribution < 1.29 is 4.74 Å². The molecule has 0 bridgehead atoms. The molecule has 182 valence electrons. The lowest BCUT2D eigenvalue weighted by Gasteiger charge is -2.36. The monoisotopic (exact) mass is 470 g/mol. The van der Waals surface area contributed by atoms with Gasteiger partial charge in [0.05, 0.1) is 18.5 Å². The molecule has 35 heavy (non-hydrogen) atoms. The van der Waals surface area contributed by atoms with Crippen LogP contribution in [0.25, 0.3) is 16.9 Å². The Morgan fingerprint density at radius 2 is 1.74 bits per heavy atom. The molecule has 3 aromatic heterocycles. The van der Waals surface area contributed by atoms with Crippen LogP contribution in [0.4, 0.5) is 17.1 Å². The van der Waals surface area contributed by atoms with E-state index in [-0.39, 0.29) is 0 Å². The third-order valence-electron chi connectivity index (χ3n) is 6.70. The summed E-state index contributed by atoms with van der Waals surface area (Å²) in [4.78, 5) is 13.9. The molecule has 1 fully saturated rings. The van der Waals surface area contributed by atoms with Crippen molar-refractivity contribution in [2.75, 3.05) is 50.1 Å². The smallest absolute Gasteiger partial charge is 0.213 e. The maximum absolute atomic E-state index is 5.30. The molecule has 0 amide bonds. The fourth-order valence-corrected chi connectivity index (χ4v) is 4.61. The van der Waals surface area contributed by atoms with E-state index in [1.807, 2.05) is 24.5 Å². The number of hydrogen-bond donors (Lipinski definition) is 1. The van der Waals surface area contributed by atoms with Gasteiger partial charge in [-0.2, -0.15) is 0 Å². The van der Waals surface area contributed by atoms with Gasteiger partial charge in [-0.05, 0) is 61.3 Å². The summed E-state index contributed by atoms with van der Waals surface area (Å²) in [6, 6.07) is 16.8. The largest absolute Gasteiger partial charge is 0.481 e. The second-order valence-electron chi connectivity index (χ2n) is 9.52. The van der Waals surface area contributed by atoms with Crippen LogP contribution >= 0.6 is 0 Å². The van der Waals surface area contributed by atoms with E-state index < -0.39 is 0 Å². The van der Waals surface area contributed by atoms with Gasteiger partial charge in [-0.15, -0.1) is 0 Å². The van der Waals surface area contributed by atoms with E-state index >= 15 is 0 Å². The lowest BCUT2D eigenvalue weighted by atomic mass is 10.1. The summed E-state index contributed by atoms with van der Waals surface area (Å²) in [7, 11) is 1.63. The van der Waals surface area contributed by atoms with Crippen LogP contribution in [-0.2, 0) is 0 Å². The van der Waals surface area contributed by atoms with Gasteiger partial charge in [0.15, 0.2) is 5.65 Å². The van der Waals surface area contributed by atoms with Gasteiger partial charge in [-0.1, -0.05) is 13.8 Å². The first kappa shape index (κ1) is 23.2. The summed E-state index contributed by atoms with van der Waals surface area (Å²) in [5, 5.41) is 3.55. The zero-order chi connectivity index (χ0) is 24.2. The molecule has 7 nitrogen and oxygen atoms in total. The zero-order valence-electron chi connectivity index (χ0n) is 20.8. The lowest BCUT2D eigenvalue weighted by molar-refractivity contribution is 0.244. The highest BCUT2D eigenvalue weighted by Gasteiger charge is 2.17. The first-order valence-corrected chi connectivity index (χ1v) is 12.4. The second kappa shape index (κ2) is 10.4. The number of fused-ring (bicyclic) bond motifs is 1. The van der Waals surface area contributed by atoms with Crippen LogP contribution in [0.2, 0.25) is 0 Å². The Morgan fingerprint density at radius 3 is 2.49 bits per heavy atom. The molecule has 0 saturated carbocycles. The normalized spacial score (nSPS) is 14.6. The van der Waals surface area contributed by atoms with Crippen molar-refractivity contribution in [3.63, 3.8) is 0 Å². The minimum atomic E-state index is 0.593. The highest BCUT2D eigenvalue weighted by Crippen LogP contribution is 2.29. The molecule has 1 N–H and O–H groups in total. The van der Waals surface area contributed by atoms with Crippen LogP contribution < -0.4 is 15.0 Å². The number of aromatic nitrogens is 3. The maximum atomic E-state index is 5.30. The maximum Gasteiger partial charge on any atom is 0.213 e. The molecule has 5 rings (SSSR count). The summed E-state index contributed by atoms with van der Waals surface area (Å²) in [6.45, 7) is 10.3. The van der Waals surface area contributed by atoms with Crippen LogP contribution in [0.3, 0.4) is 0 Å². The molecule has 0 radical (unpaired) electrons. The molecule has 1 aliphatic heterocycles. The third-order valence-corrected chi connectivity index (χ3v) is 6.70. The fraction of sp³-hybridized carbons (Fsp3) is 0.357. The van der Waals surface area contributed by atoms with Crippen molar-refractivity contribution in [1.29, 1.82) is 0 Å². The van der Waals surface area contributed by atoms with E-state index in [9.17, 15) is 0 Å². The van der Waals surface area contributed by atoms with Crippen molar-refractivity contribution in [2.24, 2.45) is 5.92 Å². The molecule has 1 aliphatic rings. The third kappa shape index (κ3) is 5.25. The summed E-state index contributed by atoms with van der Waals surface area (Å²) in [6.07, 6.45) is 6.84. The summed E-state index contributed by atoms with van der Waals surface area (Å²) >= 11 is 0. The molecule has 4 heterocycles. The topological polar surface area (TPSA) is 57.9 Å². The minimum absolute atomic E-state index is 0.593. The van der Waals surface area contributed by atoms with Crippen LogP contribution in [0.5, 0.6) is 5.88 Å². The molecule has 7 heteroatoms. The number of rotatable bonds is 8. The Labute approximate surface area is 207 Å². The highest BCUT2D eigenvalue weighted by atomic mass is 16.5. The van der Waals surface area contributed by atoms with Crippen molar-refractivity contribution in [3.05, 3.63) is 67.1 Å². The number of imidazole rings is 1. The Balaban J connectivity index is 1.28. The summed E-state index contributed by atoms with van der Waals surface area (Å²) in [5.74, 6) is 1.36. The number of piperazine rings is 1. The van der Waals surface area contributed by atoms with Crippen LogP contribution in [0, 0.1) is 5.92 Å². The molecule has 4 aromatic rings. The standard InChI is InChI=1S/C28H34N6O/c1-21(2)11-14-32-16-18-33(19-17-32)24-6-4-23(5-7-24)31-25-8-9-26(34-15-13-30-28(25)34)22-10-12-29-27(20-22)35-3/h4-10,12-13,15,20-21,31H,11,14,16-19H2,1-3H3. The number of methoxy groups -OCH3 is 1. The van der Waals surface area contributed by atoms with Crippen LogP contribution in [0.15, 0.2) is 67.1 Å². The van der Waals surface area contributed by atoms with E-state index in [2.05, 4.69) is 79.7 Å². The van der Waals surface area contributed by atoms with Crippen molar-refractivity contribution in [3.8, 4) is 17.1 Å². The van der Waals surface area contributed by atoms with E-state index in [1.165, 1.54) is 18.7 Å². The molecule has 0 aliphatic carbocycles. The number of benzene rings is 1. The van der Waals surface area contributed by atoms with Gasteiger partial charge in [0.1, 0.15) is 0 Å². The van der Waals surface area contributed by atoms with Gasteiger partial charge in [0, 0.05) is 67.8 Å². The number of nitrogens with zero attached hydrogens (tertiary/aromatic N) is 5. The molecular weight excluding hydrogens is 436 g/mol. The lowest BCUT2D eigenvalue weighted by Crippen LogP contribution is -2.46. The minimum Gasteiger partial charge on any atom is -0.481 e. The zero-order valence-corrected chi connectivity index (χ0v) is 20.8. The first-order valence-electron chi connectivity index (χ1n) is 12.4. The van der Waals surface area contributed by atoms with Crippen molar-refractivity contribution in [2.45, 2.75) is 20.3 Å². The average Bonchev–Trinajstić information content (AvgIpc) is 3.39. The fourth-order valence-electron chi connectivity index (χ4n) is 4.61. The number of anilines is 3. The predicted molar refractivity (Wildman–Crippen MR) is 143 cm³/mol. The molecule has 0 spiro atoms. The van der Waals surface area contributed by atoms with Gasteiger partial charge in [0.2, 0.25) is 5.88 Å². The molecule has 0 unspecified atom stereocenters. The van der Waals surface area contributed by atoms with Crippen LogP contribution in [0.1, 0.15) is 20.3 Å². The molecule has 0 atom stereocenters. The number of hydrogen-bond acceptors (Lipinski definition) is 6. The van der Waals surface area contributed by atoms with Gasteiger partial charge in [-0.3, -0.25) is 9.30 Å². The van der Waals surface area contributed by atoms with Crippen molar-refractivity contribution >= 4 is 22.7 Å². The van der Waals surface area contributed by atoms with Gasteiger partial charge < -0.3 is 15.0 Å². The summed E-state index contributed by atoms with van der Waals surface area (Å²) < 4.78 is 7.38. The number of ether oxygens (including phenoxy) is 1. The molecule has 1 saturated heterocycles. The van der Waals surface area contributed by atoms with E-state index in [0.717, 1.165) is 60.4 Å². The first-order chi connectivity index (χ1) is 17.1.